The molecule has 4 aliphatic rings. The molecule has 2 aromatic carbocycles. The lowest BCUT2D eigenvalue weighted by atomic mass is 9.70. The quantitative estimate of drug-likeness (QED) is 0.381. The standard InChI is InChI=1S/C24H21FN2O2/c25-16-11-21-18-4-1-3-15(18)13-26-23(14-7-9-17(10-8-14)27(28)29)20-6-2-5-19(20)22(12-16)24(21)26/h1-2,4-5,7-12,15,18-20,23H,3,6,13H2/t15-,18+,19-,20+,23+/m0/s1. The van der Waals surface area contributed by atoms with Gasteiger partial charge in [0.05, 0.1) is 11.0 Å². The highest BCUT2D eigenvalue weighted by Crippen LogP contribution is 2.58. The van der Waals surface area contributed by atoms with Crippen molar-refractivity contribution in [1.29, 1.82) is 0 Å². The van der Waals surface area contributed by atoms with Crippen LogP contribution in [0.1, 0.15) is 47.4 Å². The number of benzene rings is 2. The predicted molar refractivity (Wildman–Crippen MR) is 110 cm³/mol. The van der Waals surface area contributed by atoms with Gasteiger partial charge in [-0.05, 0) is 53.5 Å². The van der Waals surface area contributed by atoms with Crippen LogP contribution in [0.4, 0.5) is 15.8 Å². The molecule has 0 unspecified atom stereocenters. The third-order valence-electron chi connectivity index (χ3n) is 7.26. The molecule has 0 bridgehead atoms. The highest BCUT2D eigenvalue weighted by molar-refractivity contribution is 5.70. The number of allylic oxidation sites excluding steroid dienone is 4. The maximum absolute atomic E-state index is 14.6. The zero-order valence-corrected chi connectivity index (χ0v) is 15.9. The topological polar surface area (TPSA) is 46.4 Å². The molecule has 5 atom stereocenters. The predicted octanol–water partition coefficient (Wildman–Crippen LogP) is 5.63. The number of fused-ring (bicyclic) bond motifs is 4. The minimum atomic E-state index is -0.351. The Hall–Kier alpha value is -2.95. The van der Waals surface area contributed by atoms with E-state index in [1.54, 1.807) is 24.3 Å². The molecule has 5 heteroatoms. The maximum atomic E-state index is 14.6. The summed E-state index contributed by atoms with van der Waals surface area (Å²) in [5, 5.41) is 11.1. The van der Waals surface area contributed by atoms with Crippen LogP contribution in [0.3, 0.4) is 0 Å². The number of rotatable bonds is 2. The van der Waals surface area contributed by atoms with Crippen molar-refractivity contribution >= 4 is 11.4 Å². The van der Waals surface area contributed by atoms with Crippen molar-refractivity contribution in [2.75, 3.05) is 11.4 Å². The molecule has 0 N–H and O–H groups in total. The SMILES string of the molecule is O=[N+]([O-])c1ccc([C@@H]2[C@@H]3CC=C[C@@H]3c3cc(F)cc4c3N2C[C@@H]2CC=C[C@@H]42)cc1. The zero-order valence-electron chi connectivity index (χ0n) is 15.9. The number of hydrogen-bond acceptors (Lipinski definition) is 3. The van der Waals surface area contributed by atoms with Crippen molar-refractivity contribution in [3.05, 3.63) is 93.3 Å². The molecule has 0 radical (unpaired) electrons. The highest BCUT2D eigenvalue weighted by atomic mass is 19.1. The van der Waals surface area contributed by atoms with Crippen LogP contribution in [0.5, 0.6) is 0 Å². The van der Waals surface area contributed by atoms with Gasteiger partial charge in [-0.2, -0.15) is 0 Å². The molecule has 0 fully saturated rings. The average molecular weight is 388 g/mol. The largest absolute Gasteiger partial charge is 0.363 e. The van der Waals surface area contributed by atoms with E-state index in [0.29, 0.717) is 11.8 Å². The Bertz CT molecular complexity index is 1060. The summed E-state index contributed by atoms with van der Waals surface area (Å²) >= 11 is 0. The van der Waals surface area contributed by atoms with Gasteiger partial charge in [-0.25, -0.2) is 4.39 Å². The lowest BCUT2D eigenvalue weighted by Crippen LogP contribution is -2.46. The van der Waals surface area contributed by atoms with Crippen LogP contribution in [0, 0.1) is 27.8 Å². The normalized spacial score (nSPS) is 30.8. The van der Waals surface area contributed by atoms with Crippen LogP contribution in [0.15, 0.2) is 60.7 Å². The molecule has 6 rings (SSSR count). The molecule has 0 spiro atoms. The van der Waals surface area contributed by atoms with Crippen LogP contribution in [0.2, 0.25) is 0 Å². The van der Waals surface area contributed by atoms with Crippen LogP contribution in [-0.2, 0) is 0 Å². The van der Waals surface area contributed by atoms with Gasteiger partial charge in [-0.1, -0.05) is 36.4 Å². The molecule has 0 saturated heterocycles. The molecule has 2 aromatic rings. The van der Waals surface area contributed by atoms with Crippen molar-refractivity contribution in [1.82, 2.24) is 0 Å². The summed E-state index contributed by atoms with van der Waals surface area (Å²) < 4.78 is 14.6. The second-order valence-electron chi connectivity index (χ2n) is 8.68. The van der Waals surface area contributed by atoms with Gasteiger partial charge in [0.15, 0.2) is 0 Å². The summed E-state index contributed by atoms with van der Waals surface area (Å²) in [4.78, 5) is 13.2. The van der Waals surface area contributed by atoms with Gasteiger partial charge in [0.25, 0.3) is 5.69 Å². The number of nitro groups is 1. The zero-order chi connectivity index (χ0) is 19.7. The van der Waals surface area contributed by atoms with Crippen molar-refractivity contribution in [3.8, 4) is 0 Å². The fourth-order valence-electron chi connectivity index (χ4n) is 6.11. The molecule has 0 aromatic heterocycles. The number of non-ortho nitro benzene ring substituents is 1. The van der Waals surface area contributed by atoms with E-state index >= 15 is 0 Å². The van der Waals surface area contributed by atoms with E-state index in [0.717, 1.165) is 36.1 Å². The van der Waals surface area contributed by atoms with Crippen LogP contribution < -0.4 is 4.90 Å². The smallest absolute Gasteiger partial charge is 0.269 e. The lowest BCUT2D eigenvalue weighted by Gasteiger charge is -2.51. The molecule has 146 valence electrons. The minimum absolute atomic E-state index is 0.118. The van der Waals surface area contributed by atoms with Gasteiger partial charge in [0.1, 0.15) is 5.82 Å². The average Bonchev–Trinajstić information content (AvgIpc) is 3.37. The van der Waals surface area contributed by atoms with Crippen molar-refractivity contribution in [3.63, 3.8) is 0 Å². The van der Waals surface area contributed by atoms with Crippen LogP contribution in [0.25, 0.3) is 0 Å². The van der Waals surface area contributed by atoms with E-state index in [1.807, 2.05) is 12.1 Å². The molecule has 2 aliphatic heterocycles. The fraction of sp³-hybridized carbons (Fsp3) is 0.333. The first-order valence-electron chi connectivity index (χ1n) is 10.3. The number of nitrogens with zero attached hydrogens (tertiary/aromatic N) is 2. The van der Waals surface area contributed by atoms with E-state index in [-0.39, 0.29) is 34.3 Å². The van der Waals surface area contributed by atoms with Gasteiger partial charge < -0.3 is 4.90 Å². The van der Waals surface area contributed by atoms with Crippen molar-refractivity contribution in [2.24, 2.45) is 11.8 Å². The van der Waals surface area contributed by atoms with Gasteiger partial charge in [-0.15, -0.1) is 0 Å². The summed E-state index contributed by atoms with van der Waals surface area (Å²) in [7, 11) is 0. The number of halogens is 1. The third-order valence-corrected chi connectivity index (χ3v) is 7.26. The van der Waals surface area contributed by atoms with Gasteiger partial charge in [-0.3, -0.25) is 10.1 Å². The highest BCUT2D eigenvalue weighted by Gasteiger charge is 2.47. The Balaban J connectivity index is 1.54. The fourth-order valence-corrected chi connectivity index (χ4v) is 6.11. The summed E-state index contributed by atoms with van der Waals surface area (Å²) in [6.45, 7) is 0.939. The second-order valence-corrected chi connectivity index (χ2v) is 8.68. The molecular formula is C24H21FN2O2. The maximum Gasteiger partial charge on any atom is 0.269 e. The summed E-state index contributed by atoms with van der Waals surface area (Å²) in [5.74, 6) is 1.12. The Labute approximate surface area is 168 Å². The molecule has 0 saturated carbocycles. The van der Waals surface area contributed by atoms with Gasteiger partial charge in [0, 0.05) is 36.2 Å². The minimum Gasteiger partial charge on any atom is -0.363 e. The number of nitro benzene ring substituents is 1. The molecule has 4 nitrogen and oxygen atoms in total. The number of hydrogen-bond donors (Lipinski definition) is 0. The summed E-state index contributed by atoms with van der Waals surface area (Å²) in [6, 6.07) is 10.6. The van der Waals surface area contributed by atoms with Crippen LogP contribution >= 0.6 is 0 Å². The first-order chi connectivity index (χ1) is 14.1. The first kappa shape index (κ1) is 17.0. The lowest BCUT2D eigenvalue weighted by molar-refractivity contribution is -0.384. The molecule has 2 heterocycles. The Morgan fingerprint density at radius 1 is 1.00 bits per heavy atom. The molecule has 0 amide bonds. The second kappa shape index (κ2) is 6.02. The Morgan fingerprint density at radius 3 is 2.45 bits per heavy atom. The van der Waals surface area contributed by atoms with E-state index in [1.165, 1.54) is 5.69 Å². The molecule has 29 heavy (non-hydrogen) atoms. The Morgan fingerprint density at radius 2 is 1.69 bits per heavy atom. The number of anilines is 1. The van der Waals surface area contributed by atoms with E-state index in [9.17, 15) is 14.5 Å². The first-order valence-corrected chi connectivity index (χ1v) is 10.3. The van der Waals surface area contributed by atoms with Gasteiger partial charge >= 0.3 is 0 Å². The third kappa shape index (κ3) is 2.36. The van der Waals surface area contributed by atoms with Crippen LogP contribution in [-0.4, -0.2) is 11.5 Å². The molecular weight excluding hydrogens is 367 g/mol. The molecule has 2 aliphatic carbocycles. The van der Waals surface area contributed by atoms with Crippen molar-refractivity contribution in [2.45, 2.75) is 30.7 Å². The van der Waals surface area contributed by atoms with E-state index in [4.69, 9.17) is 0 Å². The summed E-state index contributed by atoms with van der Waals surface area (Å²) in [6.07, 6.45) is 10.9. The monoisotopic (exact) mass is 388 g/mol. The van der Waals surface area contributed by atoms with Crippen molar-refractivity contribution < 1.29 is 9.31 Å². The van der Waals surface area contributed by atoms with E-state index < -0.39 is 0 Å². The van der Waals surface area contributed by atoms with E-state index in [2.05, 4.69) is 29.2 Å². The summed E-state index contributed by atoms with van der Waals surface area (Å²) in [5.41, 5.74) is 4.63. The Kier molecular flexibility index (Phi) is 3.52. The van der Waals surface area contributed by atoms with Gasteiger partial charge in [0.2, 0.25) is 0 Å².